The molecule has 2 aromatic heterocycles. The zero-order valence-corrected chi connectivity index (χ0v) is 11.5. The molecule has 0 aliphatic heterocycles. The summed E-state index contributed by atoms with van der Waals surface area (Å²) in [5, 5.41) is 4.38. The van der Waals surface area contributed by atoms with Crippen molar-refractivity contribution in [2.75, 3.05) is 5.73 Å². The van der Waals surface area contributed by atoms with E-state index in [0.29, 0.717) is 11.6 Å². The summed E-state index contributed by atoms with van der Waals surface area (Å²) < 4.78 is 7.65. The zero-order valence-electron chi connectivity index (χ0n) is 11.5. The van der Waals surface area contributed by atoms with Crippen LogP contribution in [0, 0.1) is 6.92 Å². The molecule has 0 aliphatic carbocycles. The Morgan fingerprint density at radius 1 is 1.25 bits per heavy atom. The third-order valence-electron chi connectivity index (χ3n) is 3.24. The summed E-state index contributed by atoms with van der Waals surface area (Å²) in [6, 6.07) is 9.86. The number of anilines is 1. The molecule has 0 spiro atoms. The van der Waals surface area contributed by atoms with Gasteiger partial charge in [0.1, 0.15) is 5.69 Å². The minimum Gasteiger partial charge on any atom is -0.435 e. The highest BCUT2D eigenvalue weighted by Crippen LogP contribution is 2.30. The van der Waals surface area contributed by atoms with E-state index in [1.54, 1.807) is 6.20 Å². The SMILES string of the molecule is CCn1nc(C)c(N)c1-c1ncc(-c2ccccc2)o1. The molecule has 0 radical (unpaired) electrons. The number of benzene rings is 1. The van der Waals surface area contributed by atoms with Crippen molar-refractivity contribution in [1.29, 1.82) is 0 Å². The number of aromatic nitrogens is 3. The molecule has 0 atom stereocenters. The van der Waals surface area contributed by atoms with Gasteiger partial charge in [-0.15, -0.1) is 0 Å². The number of nitrogens with two attached hydrogens (primary N) is 1. The lowest BCUT2D eigenvalue weighted by Crippen LogP contribution is -2.00. The summed E-state index contributed by atoms with van der Waals surface area (Å²) in [6.45, 7) is 4.61. The predicted octanol–water partition coefficient (Wildman–Crippen LogP) is 3.12. The van der Waals surface area contributed by atoms with Gasteiger partial charge >= 0.3 is 0 Å². The summed E-state index contributed by atoms with van der Waals surface area (Å²) >= 11 is 0. The summed E-state index contributed by atoms with van der Waals surface area (Å²) in [4.78, 5) is 4.34. The van der Waals surface area contributed by atoms with Crippen molar-refractivity contribution in [2.24, 2.45) is 0 Å². The third kappa shape index (κ3) is 1.97. The van der Waals surface area contributed by atoms with Gasteiger partial charge in [0.25, 0.3) is 0 Å². The smallest absolute Gasteiger partial charge is 0.247 e. The molecule has 0 saturated carbocycles. The van der Waals surface area contributed by atoms with Crippen molar-refractivity contribution in [3.63, 3.8) is 0 Å². The molecule has 0 amide bonds. The van der Waals surface area contributed by atoms with E-state index < -0.39 is 0 Å². The van der Waals surface area contributed by atoms with Gasteiger partial charge < -0.3 is 10.2 Å². The van der Waals surface area contributed by atoms with Gasteiger partial charge in [-0.25, -0.2) is 4.98 Å². The minimum atomic E-state index is 0.504. The maximum Gasteiger partial charge on any atom is 0.247 e. The molecule has 0 saturated heterocycles. The second-order valence-corrected chi connectivity index (χ2v) is 4.56. The highest BCUT2D eigenvalue weighted by atomic mass is 16.4. The molecule has 2 N–H and O–H groups in total. The van der Waals surface area contributed by atoms with Crippen LogP contribution in [0.5, 0.6) is 0 Å². The Hall–Kier alpha value is -2.56. The topological polar surface area (TPSA) is 69.9 Å². The summed E-state index contributed by atoms with van der Waals surface area (Å²) in [5.41, 5.74) is 9.22. The van der Waals surface area contributed by atoms with Crippen LogP contribution < -0.4 is 5.73 Å². The standard InChI is InChI=1S/C15H16N4O/c1-3-19-14(13(16)10(2)18-19)15-17-9-12(20-15)11-7-5-4-6-8-11/h4-9H,3,16H2,1-2H3. The molecule has 1 aromatic carbocycles. The number of hydrogen-bond acceptors (Lipinski definition) is 4. The summed E-state index contributed by atoms with van der Waals surface area (Å²) in [5.74, 6) is 1.23. The van der Waals surface area contributed by atoms with Crippen LogP contribution in [0.2, 0.25) is 0 Å². The van der Waals surface area contributed by atoms with E-state index in [4.69, 9.17) is 10.2 Å². The Morgan fingerprint density at radius 2 is 2.00 bits per heavy atom. The quantitative estimate of drug-likeness (QED) is 0.792. The Labute approximate surface area is 117 Å². The lowest BCUT2D eigenvalue weighted by Gasteiger charge is -2.01. The average Bonchev–Trinajstić information content (AvgIpc) is 3.06. The van der Waals surface area contributed by atoms with E-state index >= 15 is 0 Å². The number of nitrogens with zero attached hydrogens (tertiary/aromatic N) is 3. The summed E-state index contributed by atoms with van der Waals surface area (Å²) in [6.07, 6.45) is 1.71. The van der Waals surface area contributed by atoms with Crippen LogP contribution in [0.4, 0.5) is 5.69 Å². The molecule has 0 unspecified atom stereocenters. The maximum absolute atomic E-state index is 6.08. The van der Waals surface area contributed by atoms with Gasteiger partial charge in [-0.1, -0.05) is 30.3 Å². The fourth-order valence-electron chi connectivity index (χ4n) is 2.17. The first-order chi connectivity index (χ1) is 9.70. The Bertz CT molecular complexity index is 728. The molecular formula is C15H16N4O. The Morgan fingerprint density at radius 3 is 2.70 bits per heavy atom. The molecule has 5 heteroatoms. The molecule has 102 valence electrons. The molecule has 5 nitrogen and oxygen atoms in total. The second-order valence-electron chi connectivity index (χ2n) is 4.56. The van der Waals surface area contributed by atoms with Crippen LogP contribution >= 0.6 is 0 Å². The molecule has 20 heavy (non-hydrogen) atoms. The lowest BCUT2D eigenvalue weighted by atomic mass is 10.2. The zero-order chi connectivity index (χ0) is 14.1. The normalized spacial score (nSPS) is 10.9. The first-order valence-electron chi connectivity index (χ1n) is 6.55. The van der Waals surface area contributed by atoms with Gasteiger partial charge in [0.05, 0.1) is 17.6 Å². The predicted molar refractivity (Wildman–Crippen MR) is 78.0 cm³/mol. The van der Waals surface area contributed by atoms with E-state index in [1.165, 1.54) is 0 Å². The van der Waals surface area contributed by atoms with Crippen LogP contribution in [0.15, 0.2) is 40.9 Å². The first kappa shape index (κ1) is 12.5. The average molecular weight is 268 g/mol. The second kappa shape index (κ2) is 4.85. The third-order valence-corrected chi connectivity index (χ3v) is 3.24. The maximum atomic E-state index is 6.08. The fourth-order valence-corrected chi connectivity index (χ4v) is 2.17. The van der Waals surface area contributed by atoms with Crippen molar-refractivity contribution < 1.29 is 4.42 Å². The van der Waals surface area contributed by atoms with Gasteiger partial charge in [-0.2, -0.15) is 5.10 Å². The number of oxazole rings is 1. The van der Waals surface area contributed by atoms with E-state index in [2.05, 4.69) is 10.1 Å². The van der Waals surface area contributed by atoms with Crippen LogP contribution in [-0.4, -0.2) is 14.8 Å². The van der Waals surface area contributed by atoms with Gasteiger partial charge in [-0.3, -0.25) is 4.68 Å². The highest BCUT2D eigenvalue weighted by molar-refractivity contribution is 5.70. The van der Waals surface area contributed by atoms with E-state index in [9.17, 15) is 0 Å². The number of aryl methyl sites for hydroxylation is 2. The molecule has 0 fully saturated rings. The molecule has 2 heterocycles. The summed E-state index contributed by atoms with van der Waals surface area (Å²) in [7, 11) is 0. The van der Waals surface area contributed by atoms with Crippen molar-refractivity contribution in [2.45, 2.75) is 20.4 Å². The Kier molecular flexibility index (Phi) is 3.02. The monoisotopic (exact) mass is 268 g/mol. The minimum absolute atomic E-state index is 0.504. The molecule has 0 aliphatic rings. The van der Waals surface area contributed by atoms with Gasteiger partial charge in [0.2, 0.25) is 5.89 Å². The van der Waals surface area contributed by atoms with Crippen LogP contribution in [0.1, 0.15) is 12.6 Å². The van der Waals surface area contributed by atoms with E-state index in [0.717, 1.165) is 29.3 Å². The number of hydrogen-bond donors (Lipinski definition) is 1. The van der Waals surface area contributed by atoms with Crippen molar-refractivity contribution in [3.05, 3.63) is 42.2 Å². The lowest BCUT2D eigenvalue weighted by molar-refractivity contribution is 0.569. The molecule has 3 rings (SSSR count). The Balaban J connectivity index is 2.07. The number of rotatable bonds is 3. The van der Waals surface area contributed by atoms with E-state index in [-0.39, 0.29) is 0 Å². The van der Waals surface area contributed by atoms with Crippen LogP contribution in [0.3, 0.4) is 0 Å². The van der Waals surface area contributed by atoms with Gasteiger partial charge in [-0.05, 0) is 13.8 Å². The van der Waals surface area contributed by atoms with Crippen molar-refractivity contribution >= 4 is 5.69 Å². The molecule has 0 bridgehead atoms. The molecular weight excluding hydrogens is 252 g/mol. The highest BCUT2D eigenvalue weighted by Gasteiger charge is 2.18. The number of nitrogen functional groups attached to an aromatic ring is 1. The van der Waals surface area contributed by atoms with E-state index in [1.807, 2.05) is 48.9 Å². The van der Waals surface area contributed by atoms with Gasteiger partial charge in [0.15, 0.2) is 5.76 Å². The van der Waals surface area contributed by atoms with Crippen LogP contribution in [-0.2, 0) is 6.54 Å². The molecule has 3 aromatic rings. The fraction of sp³-hybridized carbons (Fsp3) is 0.200. The van der Waals surface area contributed by atoms with Crippen LogP contribution in [0.25, 0.3) is 22.9 Å². The van der Waals surface area contributed by atoms with Gasteiger partial charge in [0, 0.05) is 12.1 Å². The largest absolute Gasteiger partial charge is 0.435 e. The van der Waals surface area contributed by atoms with Crippen molar-refractivity contribution in [3.8, 4) is 22.9 Å². The first-order valence-corrected chi connectivity index (χ1v) is 6.55. The van der Waals surface area contributed by atoms with Crippen molar-refractivity contribution in [1.82, 2.24) is 14.8 Å².